The molecular weight excluding hydrogens is 232 g/mol. The summed E-state index contributed by atoms with van der Waals surface area (Å²) in [6, 6.07) is 4.60. The van der Waals surface area contributed by atoms with E-state index in [0.717, 1.165) is 25.7 Å². The smallest absolute Gasteiger partial charge is 0.508 e. The van der Waals surface area contributed by atoms with E-state index < -0.39 is 6.16 Å². The van der Waals surface area contributed by atoms with Gasteiger partial charge in [0.2, 0.25) is 0 Å². The number of phenolic OH excluding ortho intramolecular Hbond substituents is 1. The van der Waals surface area contributed by atoms with E-state index in [1.54, 1.807) is 13.0 Å². The summed E-state index contributed by atoms with van der Waals surface area (Å²) in [7, 11) is 0. The van der Waals surface area contributed by atoms with Crippen LogP contribution in [-0.4, -0.2) is 17.9 Å². The summed E-state index contributed by atoms with van der Waals surface area (Å²) in [4.78, 5) is 11.3. The third-order valence-corrected chi connectivity index (χ3v) is 2.59. The number of ether oxygens (including phenoxy) is 2. The zero-order valence-corrected chi connectivity index (χ0v) is 10.9. The van der Waals surface area contributed by atoms with E-state index in [2.05, 4.69) is 6.92 Å². The van der Waals surface area contributed by atoms with Gasteiger partial charge < -0.3 is 14.6 Å². The van der Waals surface area contributed by atoms with E-state index in [9.17, 15) is 9.90 Å². The lowest BCUT2D eigenvalue weighted by Gasteiger charge is -2.07. The van der Waals surface area contributed by atoms with E-state index in [0.29, 0.717) is 17.9 Å². The molecule has 1 N–H and O–H groups in total. The Morgan fingerprint density at radius 2 is 2.06 bits per heavy atom. The highest BCUT2D eigenvalue weighted by atomic mass is 16.7. The fraction of sp³-hybridized carbons (Fsp3) is 0.500. The Kier molecular flexibility index (Phi) is 6.05. The summed E-state index contributed by atoms with van der Waals surface area (Å²) in [5, 5.41) is 9.33. The molecule has 0 bridgehead atoms. The second kappa shape index (κ2) is 7.58. The number of carbonyl (C=O) groups excluding carboxylic acids is 1. The Labute approximate surface area is 108 Å². The van der Waals surface area contributed by atoms with Crippen molar-refractivity contribution in [2.75, 3.05) is 6.61 Å². The molecule has 0 fully saturated rings. The van der Waals surface area contributed by atoms with Crippen LogP contribution in [0.25, 0.3) is 0 Å². The molecule has 0 aromatic heterocycles. The van der Waals surface area contributed by atoms with Crippen molar-refractivity contribution in [1.82, 2.24) is 0 Å². The molecule has 1 aromatic rings. The van der Waals surface area contributed by atoms with Gasteiger partial charge in [-0.15, -0.1) is 0 Å². The van der Waals surface area contributed by atoms with Gasteiger partial charge in [0, 0.05) is 0 Å². The van der Waals surface area contributed by atoms with Gasteiger partial charge in [0.15, 0.2) is 0 Å². The first-order valence-corrected chi connectivity index (χ1v) is 6.27. The Morgan fingerprint density at radius 1 is 1.28 bits per heavy atom. The van der Waals surface area contributed by atoms with E-state index in [-0.39, 0.29) is 5.75 Å². The fourth-order valence-corrected chi connectivity index (χ4v) is 1.50. The number of aromatic hydroxyl groups is 1. The summed E-state index contributed by atoms with van der Waals surface area (Å²) in [5.74, 6) is 0.555. The minimum absolute atomic E-state index is 0.176. The van der Waals surface area contributed by atoms with Gasteiger partial charge >= 0.3 is 6.16 Å². The molecule has 4 nitrogen and oxygen atoms in total. The number of carbonyl (C=O) groups is 1. The van der Waals surface area contributed by atoms with Gasteiger partial charge in [-0.3, -0.25) is 0 Å². The van der Waals surface area contributed by atoms with Gasteiger partial charge in [-0.1, -0.05) is 26.2 Å². The van der Waals surface area contributed by atoms with Crippen molar-refractivity contribution in [1.29, 1.82) is 0 Å². The predicted molar refractivity (Wildman–Crippen MR) is 69.0 cm³/mol. The van der Waals surface area contributed by atoms with E-state index in [1.165, 1.54) is 12.1 Å². The third kappa shape index (κ3) is 5.08. The van der Waals surface area contributed by atoms with Crippen molar-refractivity contribution in [3.05, 3.63) is 23.8 Å². The van der Waals surface area contributed by atoms with Gasteiger partial charge in [-0.05, 0) is 37.1 Å². The summed E-state index contributed by atoms with van der Waals surface area (Å²) >= 11 is 0. The number of unbranched alkanes of at least 4 members (excludes halogenated alkanes) is 3. The van der Waals surface area contributed by atoms with Crippen LogP contribution in [0.4, 0.5) is 4.79 Å². The van der Waals surface area contributed by atoms with Crippen LogP contribution >= 0.6 is 0 Å². The Bertz CT molecular complexity index is 387. The molecule has 0 atom stereocenters. The summed E-state index contributed by atoms with van der Waals surface area (Å²) in [6.07, 6.45) is 3.52. The topological polar surface area (TPSA) is 55.8 Å². The Balaban J connectivity index is 2.29. The normalized spacial score (nSPS) is 10.1. The molecule has 0 saturated heterocycles. The number of hydrogen-bond donors (Lipinski definition) is 1. The first-order chi connectivity index (χ1) is 8.63. The van der Waals surface area contributed by atoms with Crippen molar-refractivity contribution >= 4 is 6.16 Å². The van der Waals surface area contributed by atoms with E-state index in [1.807, 2.05) is 0 Å². The number of rotatable bonds is 6. The van der Waals surface area contributed by atoms with E-state index >= 15 is 0 Å². The van der Waals surface area contributed by atoms with Crippen LogP contribution in [0.15, 0.2) is 18.2 Å². The maximum Gasteiger partial charge on any atom is 0.513 e. The highest BCUT2D eigenvalue weighted by molar-refractivity contribution is 5.64. The highest BCUT2D eigenvalue weighted by Crippen LogP contribution is 2.22. The molecule has 100 valence electrons. The molecule has 0 unspecified atom stereocenters. The maximum atomic E-state index is 11.3. The number of hydrogen-bond acceptors (Lipinski definition) is 4. The van der Waals surface area contributed by atoms with E-state index in [4.69, 9.17) is 9.47 Å². The molecule has 0 aliphatic carbocycles. The Hall–Kier alpha value is -1.71. The van der Waals surface area contributed by atoms with Crippen molar-refractivity contribution < 1.29 is 19.4 Å². The molecule has 18 heavy (non-hydrogen) atoms. The molecular formula is C14H20O4. The molecule has 0 radical (unpaired) electrons. The molecule has 0 aliphatic heterocycles. The lowest BCUT2D eigenvalue weighted by Crippen LogP contribution is -2.11. The lowest BCUT2D eigenvalue weighted by atomic mass is 10.2. The van der Waals surface area contributed by atoms with Crippen molar-refractivity contribution in [2.45, 2.75) is 39.5 Å². The molecule has 1 rings (SSSR count). The first kappa shape index (κ1) is 14.4. The van der Waals surface area contributed by atoms with Crippen LogP contribution in [-0.2, 0) is 4.74 Å². The predicted octanol–water partition coefficient (Wildman–Crippen LogP) is 3.80. The molecule has 0 heterocycles. The largest absolute Gasteiger partial charge is 0.513 e. The zero-order chi connectivity index (χ0) is 13.4. The monoisotopic (exact) mass is 252 g/mol. The van der Waals surface area contributed by atoms with Crippen molar-refractivity contribution in [3.8, 4) is 11.5 Å². The number of benzene rings is 1. The van der Waals surface area contributed by atoms with Crippen molar-refractivity contribution in [2.24, 2.45) is 0 Å². The summed E-state index contributed by atoms with van der Waals surface area (Å²) in [6.45, 7) is 4.25. The Morgan fingerprint density at radius 3 is 2.72 bits per heavy atom. The second-order valence-corrected chi connectivity index (χ2v) is 4.21. The summed E-state index contributed by atoms with van der Waals surface area (Å²) in [5.41, 5.74) is 0.656. The average Bonchev–Trinajstić information content (AvgIpc) is 2.34. The van der Waals surface area contributed by atoms with Crippen LogP contribution in [0.3, 0.4) is 0 Å². The van der Waals surface area contributed by atoms with Crippen LogP contribution in [0.5, 0.6) is 11.5 Å². The van der Waals surface area contributed by atoms with Crippen LogP contribution in [0, 0.1) is 6.92 Å². The molecule has 0 aliphatic rings. The standard InChI is InChI=1S/C14H20O4/c1-3-4-5-6-9-17-14(16)18-12-7-8-13(15)11(2)10-12/h7-8,10,15H,3-6,9H2,1-2H3. The molecule has 0 amide bonds. The van der Waals surface area contributed by atoms with Crippen molar-refractivity contribution in [3.63, 3.8) is 0 Å². The molecule has 0 spiro atoms. The average molecular weight is 252 g/mol. The number of aryl methyl sites for hydroxylation is 1. The molecule has 0 saturated carbocycles. The lowest BCUT2D eigenvalue weighted by molar-refractivity contribution is 0.0973. The van der Waals surface area contributed by atoms with Gasteiger partial charge in [0.1, 0.15) is 11.5 Å². The van der Waals surface area contributed by atoms with Crippen LogP contribution < -0.4 is 4.74 Å². The minimum atomic E-state index is -0.698. The van der Waals surface area contributed by atoms with Gasteiger partial charge in [-0.25, -0.2) is 4.79 Å². The third-order valence-electron chi connectivity index (χ3n) is 2.59. The maximum absolute atomic E-state index is 11.3. The first-order valence-electron chi connectivity index (χ1n) is 6.27. The van der Waals surface area contributed by atoms with Gasteiger partial charge in [0.05, 0.1) is 6.61 Å². The fourth-order valence-electron chi connectivity index (χ4n) is 1.50. The molecule has 1 aromatic carbocycles. The van der Waals surface area contributed by atoms with Gasteiger partial charge in [-0.2, -0.15) is 0 Å². The van der Waals surface area contributed by atoms with Crippen LogP contribution in [0.2, 0.25) is 0 Å². The number of phenols is 1. The SMILES string of the molecule is CCCCCCOC(=O)Oc1ccc(O)c(C)c1. The molecule has 4 heteroatoms. The zero-order valence-electron chi connectivity index (χ0n) is 10.9. The highest BCUT2D eigenvalue weighted by Gasteiger charge is 2.07. The minimum Gasteiger partial charge on any atom is -0.508 e. The summed E-state index contributed by atoms with van der Waals surface area (Å²) < 4.78 is 9.92. The second-order valence-electron chi connectivity index (χ2n) is 4.21. The quantitative estimate of drug-likeness (QED) is 0.475. The van der Waals surface area contributed by atoms with Crippen LogP contribution in [0.1, 0.15) is 38.2 Å². The van der Waals surface area contributed by atoms with Gasteiger partial charge in [0.25, 0.3) is 0 Å².